The van der Waals surface area contributed by atoms with Gasteiger partial charge >= 0.3 is 0 Å². The van der Waals surface area contributed by atoms with E-state index in [0.717, 1.165) is 37.0 Å². The van der Waals surface area contributed by atoms with E-state index in [4.69, 9.17) is 4.52 Å². The van der Waals surface area contributed by atoms with Gasteiger partial charge < -0.3 is 9.84 Å². The lowest BCUT2D eigenvalue weighted by atomic mass is 9.98. The molecule has 1 aromatic rings. The number of hydrogen-bond donors (Lipinski definition) is 1. The first-order chi connectivity index (χ1) is 9.31. The largest absolute Gasteiger partial charge is 0.360 e. The number of hydrogen-bond acceptors (Lipinski definition) is 4. The highest BCUT2D eigenvalue weighted by Gasteiger charge is 2.17. The molecule has 4 heteroatoms. The lowest BCUT2D eigenvalue weighted by molar-refractivity contribution is 0.235. The second-order valence-electron chi connectivity index (χ2n) is 5.55. The average molecular weight is 265 g/mol. The Labute approximate surface area is 116 Å². The van der Waals surface area contributed by atoms with Crippen LogP contribution >= 0.6 is 0 Å². The zero-order chi connectivity index (χ0) is 13.5. The molecular formula is C15H27N3O. The maximum atomic E-state index is 5.43. The fraction of sp³-hybridized carbons (Fsp3) is 0.800. The van der Waals surface area contributed by atoms with Crippen molar-refractivity contribution in [1.82, 2.24) is 15.4 Å². The van der Waals surface area contributed by atoms with Crippen molar-refractivity contribution in [2.45, 2.75) is 52.6 Å². The van der Waals surface area contributed by atoms with Crippen molar-refractivity contribution >= 4 is 0 Å². The van der Waals surface area contributed by atoms with Gasteiger partial charge in [0.15, 0.2) is 5.76 Å². The van der Waals surface area contributed by atoms with Crippen LogP contribution in [-0.4, -0.2) is 29.7 Å². The predicted molar refractivity (Wildman–Crippen MR) is 76.8 cm³/mol. The van der Waals surface area contributed by atoms with Gasteiger partial charge in [-0.1, -0.05) is 25.4 Å². The molecule has 0 bridgehead atoms. The molecule has 2 heterocycles. The van der Waals surface area contributed by atoms with Gasteiger partial charge in [-0.25, -0.2) is 0 Å². The van der Waals surface area contributed by atoms with Crippen LogP contribution < -0.4 is 5.32 Å². The van der Waals surface area contributed by atoms with Gasteiger partial charge in [-0.2, -0.15) is 0 Å². The zero-order valence-corrected chi connectivity index (χ0v) is 12.3. The first kappa shape index (κ1) is 14.5. The molecule has 1 aliphatic heterocycles. The Hall–Kier alpha value is -0.870. The van der Waals surface area contributed by atoms with Gasteiger partial charge in [-0.15, -0.1) is 0 Å². The summed E-state index contributed by atoms with van der Waals surface area (Å²) in [7, 11) is 0. The topological polar surface area (TPSA) is 41.3 Å². The van der Waals surface area contributed by atoms with Crippen molar-refractivity contribution in [3.63, 3.8) is 0 Å². The summed E-state index contributed by atoms with van der Waals surface area (Å²) in [6, 6.07) is 2.09. The van der Waals surface area contributed by atoms with Crippen molar-refractivity contribution in [2.24, 2.45) is 5.92 Å². The van der Waals surface area contributed by atoms with Crippen LogP contribution in [0, 0.1) is 5.92 Å². The summed E-state index contributed by atoms with van der Waals surface area (Å²) in [5, 5.41) is 7.38. The Bertz CT molecular complexity index is 364. The van der Waals surface area contributed by atoms with E-state index in [0.29, 0.717) is 0 Å². The standard InChI is InChI=1S/C15H27N3O/c1-3-13-6-5-8-18(9-7-13)12-15-10-14(17-19-15)11-16-4-2/h10,13,16H,3-9,11-12H2,1-2H3. The summed E-state index contributed by atoms with van der Waals surface area (Å²) in [5.41, 5.74) is 1.01. The fourth-order valence-electron chi connectivity index (χ4n) is 2.78. The first-order valence-corrected chi connectivity index (χ1v) is 7.69. The number of likely N-dealkylation sites (tertiary alicyclic amines) is 1. The quantitative estimate of drug-likeness (QED) is 0.858. The Balaban J connectivity index is 1.81. The molecule has 1 fully saturated rings. The molecule has 108 valence electrons. The molecule has 19 heavy (non-hydrogen) atoms. The summed E-state index contributed by atoms with van der Waals surface area (Å²) < 4.78 is 5.43. The van der Waals surface area contributed by atoms with Crippen molar-refractivity contribution in [3.8, 4) is 0 Å². The van der Waals surface area contributed by atoms with Crippen LogP contribution in [0.4, 0.5) is 0 Å². The Kier molecular flexibility index (Phi) is 5.86. The van der Waals surface area contributed by atoms with E-state index >= 15 is 0 Å². The molecule has 1 atom stereocenters. The molecule has 4 nitrogen and oxygen atoms in total. The van der Waals surface area contributed by atoms with Crippen molar-refractivity contribution in [1.29, 1.82) is 0 Å². The minimum atomic E-state index is 0.803. The van der Waals surface area contributed by atoms with Crippen molar-refractivity contribution in [2.75, 3.05) is 19.6 Å². The third-order valence-corrected chi connectivity index (χ3v) is 4.06. The van der Waals surface area contributed by atoms with Gasteiger partial charge in [0.05, 0.1) is 12.2 Å². The molecule has 0 aliphatic carbocycles. The molecule has 1 aliphatic rings. The fourth-order valence-corrected chi connectivity index (χ4v) is 2.78. The van der Waals surface area contributed by atoms with Crippen LogP contribution in [0.3, 0.4) is 0 Å². The molecule has 0 amide bonds. The third-order valence-electron chi connectivity index (χ3n) is 4.06. The Morgan fingerprint density at radius 3 is 3.05 bits per heavy atom. The molecule has 1 aromatic heterocycles. The first-order valence-electron chi connectivity index (χ1n) is 7.69. The van der Waals surface area contributed by atoms with Crippen molar-refractivity contribution in [3.05, 3.63) is 17.5 Å². The minimum Gasteiger partial charge on any atom is -0.360 e. The molecule has 0 saturated carbocycles. The molecule has 1 unspecified atom stereocenters. The second-order valence-corrected chi connectivity index (χ2v) is 5.55. The number of aromatic nitrogens is 1. The number of nitrogens with zero attached hydrogens (tertiary/aromatic N) is 2. The zero-order valence-electron chi connectivity index (χ0n) is 12.3. The van der Waals surface area contributed by atoms with E-state index in [9.17, 15) is 0 Å². The molecule has 0 aromatic carbocycles. The van der Waals surface area contributed by atoms with Gasteiger partial charge in [-0.3, -0.25) is 4.90 Å². The summed E-state index contributed by atoms with van der Waals surface area (Å²) in [6.07, 6.45) is 5.35. The summed E-state index contributed by atoms with van der Waals surface area (Å²) in [6.45, 7) is 9.48. The molecule has 1 N–H and O–H groups in total. The van der Waals surface area contributed by atoms with Crippen LogP contribution in [0.5, 0.6) is 0 Å². The van der Waals surface area contributed by atoms with E-state index in [1.807, 2.05) is 0 Å². The van der Waals surface area contributed by atoms with Gasteiger partial charge in [0.1, 0.15) is 0 Å². The normalized spacial score (nSPS) is 21.5. The SMILES string of the molecule is CCNCc1cc(CN2CCCC(CC)CC2)on1. The maximum absolute atomic E-state index is 5.43. The predicted octanol–water partition coefficient (Wildman–Crippen LogP) is 2.80. The van der Waals surface area contributed by atoms with E-state index in [2.05, 4.69) is 35.3 Å². The monoisotopic (exact) mass is 265 g/mol. The lowest BCUT2D eigenvalue weighted by Gasteiger charge is -2.18. The van der Waals surface area contributed by atoms with Gasteiger partial charge in [0.25, 0.3) is 0 Å². The van der Waals surface area contributed by atoms with Crippen LogP contribution in [0.25, 0.3) is 0 Å². The van der Waals surface area contributed by atoms with Gasteiger partial charge in [-0.05, 0) is 44.8 Å². The lowest BCUT2D eigenvalue weighted by Crippen LogP contribution is -2.24. The highest BCUT2D eigenvalue weighted by molar-refractivity contribution is 5.05. The highest BCUT2D eigenvalue weighted by Crippen LogP contribution is 2.21. The second kappa shape index (κ2) is 7.65. The average Bonchev–Trinajstić information content (AvgIpc) is 2.74. The summed E-state index contributed by atoms with van der Waals surface area (Å²) in [4.78, 5) is 2.51. The van der Waals surface area contributed by atoms with Crippen LogP contribution in [-0.2, 0) is 13.1 Å². The number of nitrogens with one attached hydrogen (secondary N) is 1. The summed E-state index contributed by atoms with van der Waals surface area (Å²) >= 11 is 0. The third kappa shape index (κ3) is 4.62. The molecule has 0 spiro atoms. The van der Waals surface area contributed by atoms with Gasteiger partial charge in [0, 0.05) is 12.6 Å². The molecular weight excluding hydrogens is 238 g/mol. The van der Waals surface area contributed by atoms with E-state index < -0.39 is 0 Å². The van der Waals surface area contributed by atoms with Crippen LogP contribution in [0.15, 0.2) is 10.6 Å². The van der Waals surface area contributed by atoms with E-state index in [-0.39, 0.29) is 0 Å². The van der Waals surface area contributed by atoms with E-state index in [1.54, 1.807) is 0 Å². The van der Waals surface area contributed by atoms with E-state index in [1.165, 1.54) is 38.8 Å². The molecule has 0 radical (unpaired) electrons. The Morgan fingerprint density at radius 1 is 1.37 bits per heavy atom. The number of rotatable bonds is 6. The summed E-state index contributed by atoms with van der Waals surface area (Å²) in [5.74, 6) is 1.92. The maximum Gasteiger partial charge on any atom is 0.151 e. The molecule has 2 rings (SSSR count). The Morgan fingerprint density at radius 2 is 2.26 bits per heavy atom. The van der Waals surface area contributed by atoms with Crippen LogP contribution in [0.2, 0.25) is 0 Å². The van der Waals surface area contributed by atoms with Crippen molar-refractivity contribution < 1.29 is 4.52 Å². The van der Waals surface area contributed by atoms with Crippen LogP contribution in [0.1, 0.15) is 51.0 Å². The highest BCUT2D eigenvalue weighted by atomic mass is 16.5. The van der Waals surface area contributed by atoms with Gasteiger partial charge in [0.2, 0.25) is 0 Å². The smallest absolute Gasteiger partial charge is 0.151 e. The molecule has 1 saturated heterocycles. The minimum absolute atomic E-state index is 0.803.